The van der Waals surface area contributed by atoms with E-state index in [4.69, 9.17) is 16.0 Å². The lowest BCUT2D eigenvalue weighted by Gasteiger charge is -2.17. The van der Waals surface area contributed by atoms with E-state index in [1.165, 1.54) is 0 Å². The first-order chi connectivity index (χ1) is 14.2. The lowest BCUT2D eigenvalue weighted by atomic mass is 10.1. The van der Waals surface area contributed by atoms with Gasteiger partial charge in [-0.25, -0.2) is 0 Å². The number of aromatic nitrogens is 2. The zero-order chi connectivity index (χ0) is 20.1. The van der Waals surface area contributed by atoms with E-state index in [0.717, 1.165) is 11.1 Å². The van der Waals surface area contributed by atoms with Crippen molar-refractivity contribution in [1.29, 1.82) is 0 Å². The number of hydrogen-bond acceptors (Lipinski definition) is 4. The Labute approximate surface area is 173 Å². The molecular formula is C23H18ClN3O2. The minimum atomic E-state index is -0.648. The number of nitrogens with zero attached hydrogens (tertiary/aromatic N) is 2. The highest BCUT2D eigenvalue weighted by atomic mass is 35.5. The Morgan fingerprint density at radius 3 is 2.28 bits per heavy atom. The van der Waals surface area contributed by atoms with E-state index in [9.17, 15) is 4.79 Å². The lowest BCUT2D eigenvalue weighted by molar-refractivity contribution is -0.121. The van der Waals surface area contributed by atoms with Gasteiger partial charge >= 0.3 is 0 Å². The lowest BCUT2D eigenvalue weighted by Crippen LogP contribution is -2.31. The Morgan fingerprint density at radius 2 is 1.55 bits per heavy atom. The van der Waals surface area contributed by atoms with Crippen molar-refractivity contribution in [1.82, 2.24) is 15.5 Å². The zero-order valence-electron chi connectivity index (χ0n) is 15.5. The summed E-state index contributed by atoms with van der Waals surface area (Å²) < 4.78 is 5.90. The summed E-state index contributed by atoms with van der Waals surface area (Å²) in [5.74, 6) is 0.494. The number of carbonyl (C=O) groups excluding carboxylic acids is 1. The maximum absolute atomic E-state index is 12.7. The molecule has 0 aliphatic heterocycles. The van der Waals surface area contributed by atoms with Crippen LogP contribution in [0.15, 0.2) is 89.3 Å². The molecule has 0 saturated carbocycles. The number of carbonyl (C=O) groups is 1. The van der Waals surface area contributed by atoms with Crippen LogP contribution in [0.1, 0.15) is 23.1 Å². The molecule has 4 aromatic rings. The number of hydrogen-bond donors (Lipinski definition) is 1. The summed E-state index contributed by atoms with van der Waals surface area (Å²) in [7, 11) is 0. The van der Waals surface area contributed by atoms with Gasteiger partial charge < -0.3 is 9.73 Å². The third-order valence-electron chi connectivity index (χ3n) is 4.44. The van der Waals surface area contributed by atoms with Crippen LogP contribution in [0, 0.1) is 0 Å². The fourth-order valence-electron chi connectivity index (χ4n) is 3.02. The maximum Gasteiger partial charge on any atom is 0.247 e. The Kier molecular flexibility index (Phi) is 5.68. The van der Waals surface area contributed by atoms with E-state index < -0.39 is 6.04 Å². The molecule has 0 bridgehead atoms. The molecule has 1 amide bonds. The molecule has 4 rings (SSSR count). The van der Waals surface area contributed by atoms with Gasteiger partial charge in [0.2, 0.25) is 17.7 Å². The largest absolute Gasteiger partial charge is 0.418 e. The van der Waals surface area contributed by atoms with Crippen LogP contribution in [0.2, 0.25) is 5.02 Å². The van der Waals surface area contributed by atoms with Gasteiger partial charge in [0, 0.05) is 16.1 Å². The third-order valence-corrected chi connectivity index (χ3v) is 4.78. The second kappa shape index (κ2) is 8.71. The normalized spacial score (nSPS) is 11.8. The number of halogens is 1. The molecule has 6 heteroatoms. The molecule has 29 heavy (non-hydrogen) atoms. The Hall–Kier alpha value is -3.44. The molecule has 0 spiro atoms. The highest BCUT2D eigenvalue weighted by molar-refractivity contribution is 6.31. The van der Waals surface area contributed by atoms with E-state index in [-0.39, 0.29) is 18.2 Å². The van der Waals surface area contributed by atoms with E-state index in [2.05, 4.69) is 15.5 Å². The molecule has 3 aromatic carbocycles. The van der Waals surface area contributed by atoms with Crippen LogP contribution in [0.3, 0.4) is 0 Å². The van der Waals surface area contributed by atoms with Crippen LogP contribution in [0.25, 0.3) is 11.5 Å². The van der Waals surface area contributed by atoms with E-state index in [1.54, 1.807) is 6.07 Å². The van der Waals surface area contributed by atoms with Crippen molar-refractivity contribution < 1.29 is 9.21 Å². The fraction of sp³-hybridized carbons (Fsp3) is 0.0870. The molecule has 0 radical (unpaired) electrons. The highest BCUT2D eigenvalue weighted by Crippen LogP contribution is 2.29. The molecule has 5 nitrogen and oxygen atoms in total. The van der Waals surface area contributed by atoms with E-state index in [0.29, 0.717) is 16.5 Å². The summed E-state index contributed by atoms with van der Waals surface area (Å²) >= 11 is 6.40. The molecule has 1 heterocycles. The number of rotatable bonds is 6. The van der Waals surface area contributed by atoms with Crippen LogP contribution in [0.5, 0.6) is 0 Å². The van der Waals surface area contributed by atoms with Gasteiger partial charge in [0.15, 0.2) is 0 Å². The Balaban J connectivity index is 1.64. The van der Waals surface area contributed by atoms with E-state index in [1.807, 2.05) is 78.9 Å². The monoisotopic (exact) mass is 403 g/mol. The average molecular weight is 404 g/mol. The number of amides is 1. The zero-order valence-corrected chi connectivity index (χ0v) is 16.2. The summed E-state index contributed by atoms with van der Waals surface area (Å²) in [6.45, 7) is 0. The van der Waals surface area contributed by atoms with Crippen LogP contribution in [0.4, 0.5) is 0 Å². The highest BCUT2D eigenvalue weighted by Gasteiger charge is 2.25. The van der Waals surface area contributed by atoms with Gasteiger partial charge in [-0.2, -0.15) is 0 Å². The smallest absolute Gasteiger partial charge is 0.247 e. The first-order valence-corrected chi connectivity index (χ1v) is 9.55. The van der Waals surface area contributed by atoms with Gasteiger partial charge in [0.25, 0.3) is 0 Å². The maximum atomic E-state index is 12.7. The number of benzene rings is 3. The van der Waals surface area contributed by atoms with Crippen LogP contribution < -0.4 is 5.32 Å². The first kappa shape index (κ1) is 18.9. The summed E-state index contributed by atoms with van der Waals surface area (Å²) in [6.07, 6.45) is 0.238. The fourth-order valence-corrected chi connectivity index (χ4v) is 3.27. The second-order valence-corrected chi connectivity index (χ2v) is 6.90. The van der Waals surface area contributed by atoms with Crippen LogP contribution >= 0.6 is 11.6 Å². The van der Waals surface area contributed by atoms with E-state index >= 15 is 0 Å². The summed E-state index contributed by atoms with van der Waals surface area (Å²) in [5.41, 5.74) is 2.41. The molecule has 0 aliphatic rings. The molecule has 0 saturated heterocycles. The summed E-state index contributed by atoms with van der Waals surface area (Å²) in [5, 5.41) is 11.8. The van der Waals surface area contributed by atoms with Crippen molar-refractivity contribution in [3.8, 4) is 11.5 Å². The van der Waals surface area contributed by atoms with Crippen molar-refractivity contribution in [3.05, 3.63) is 107 Å². The van der Waals surface area contributed by atoms with Crippen molar-refractivity contribution in [2.24, 2.45) is 0 Å². The third kappa shape index (κ3) is 4.52. The van der Waals surface area contributed by atoms with Gasteiger partial charge in [0.1, 0.15) is 6.04 Å². The predicted octanol–water partition coefficient (Wildman–Crippen LogP) is 4.84. The van der Waals surface area contributed by atoms with Gasteiger partial charge in [-0.3, -0.25) is 4.79 Å². The van der Waals surface area contributed by atoms with Gasteiger partial charge in [0.05, 0.1) is 6.42 Å². The van der Waals surface area contributed by atoms with Crippen molar-refractivity contribution >= 4 is 17.5 Å². The predicted molar refractivity (Wildman–Crippen MR) is 111 cm³/mol. The summed E-state index contributed by atoms with van der Waals surface area (Å²) in [4.78, 5) is 12.7. The molecule has 0 aliphatic carbocycles. The second-order valence-electron chi connectivity index (χ2n) is 6.50. The quantitative estimate of drug-likeness (QED) is 0.500. The van der Waals surface area contributed by atoms with Gasteiger partial charge in [-0.1, -0.05) is 78.3 Å². The minimum absolute atomic E-state index is 0.166. The first-order valence-electron chi connectivity index (χ1n) is 9.17. The van der Waals surface area contributed by atoms with Crippen LogP contribution in [-0.2, 0) is 11.2 Å². The Bertz CT molecular complexity index is 1100. The van der Waals surface area contributed by atoms with Gasteiger partial charge in [-0.15, -0.1) is 10.2 Å². The molecule has 144 valence electrons. The standard InChI is InChI=1S/C23H18ClN3O2/c24-19-14-8-7-13-18(19)21(25-20(28)15-16-9-3-1-4-10-16)23-27-26-22(29-23)17-11-5-2-6-12-17/h1-14,21H,15H2,(H,25,28)/t21-/m0/s1. The number of nitrogens with one attached hydrogen (secondary N) is 1. The molecule has 1 N–H and O–H groups in total. The van der Waals surface area contributed by atoms with Crippen molar-refractivity contribution in [2.75, 3.05) is 0 Å². The molecular weight excluding hydrogens is 386 g/mol. The van der Waals surface area contributed by atoms with Crippen LogP contribution in [-0.4, -0.2) is 16.1 Å². The molecule has 0 unspecified atom stereocenters. The molecule has 1 aromatic heterocycles. The topological polar surface area (TPSA) is 68.0 Å². The summed E-state index contributed by atoms with van der Waals surface area (Å²) in [6, 6.07) is 25.6. The molecule has 0 fully saturated rings. The molecule has 1 atom stereocenters. The minimum Gasteiger partial charge on any atom is -0.418 e. The van der Waals surface area contributed by atoms with Crippen molar-refractivity contribution in [2.45, 2.75) is 12.5 Å². The van der Waals surface area contributed by atoms with Gasteiger partial charge in [-0.05, 0) is 23.8 Å². The Morgan fingerprint density at radius 1 is 0.897 bits per heavy atom. The average Bonchev–Trinajstić information content (AvgIpc) is 3.24. The van der Waals surface area contributed by atoms with Crippen molar-refractivity contribution in [3.63, 3.8) is 0 Å². The SMILES string of the molecule is O=C(Cc1ccccc1)N[C@H](c1nnc(-c2ccccc2)o1)c1ccccc1Cl.